The van der Waals surface area contributed by atoms with Gasteiger partial charge < -0.3 is 14.6 Å². The average molecular weight is 431 g/mol. The maximum absolute atomic E-state index is 10.6. The van der Waals surface area contributed by atoms with Crippen LogP contribution in [0.3, 0.4) is 0 Å². The van der Waals surface area contributed by atoms with Crippen LogP contribution in [0.5, 0.6) is 11.5 Å². The lowest BCUT2D eigenvalue weighted by atomic mass is 10.2. The Hall–Kier alpha value is -3.80. The van der Waals surface area contributed by atoms with Crippen LogP contribution < -0.4 is 9.47 Å². The van der Waals surface area contributed by atoms with E-state index in [4.69, 9.17) is 19.6 Å². The van der Waals surface area contributed by atoms with E-state index in [1.807, 2.05) is 60.7 Å². The van der Waals surface area contributed by atoms with Crippen LogP contribution >= 0.6 is 0 Å². The van der Waals surface area contributed by atoms with E-state index in [1.54, 1.807) is 7.11 Å². The van der Waals surface area contributed by atoms with Gasteiger partial charge in [-0.1, -0.05) is 18.2 Å². The maximum atomic E-state index is 10.6. The van der Waals surface area contributed by atoms with Crippen molar-refractivity contribution in [2.24, 2.45) is 0 Å². The van der Waals surface area contributed by atoms with Gasteiger partial charge in [-0.2, -0.15) is 0 Å². The number of rotatable bonds is 10. The van der Waals surface area contributed by atoms with Crippen molar-refractivity contribution in [2.45, 2.75) is 25.7 Å². The number of nitrogens with zero attached hydrogens (tertiary/aromatic N) is 2. The van der Waals surface area contributed by atoms with Crippen LogP contribution in [-0.4, -0.2) is 34.3 Å². The number of fused-ring (bicyclic) bond motifs is 1. The van der Waals surface area contributed by atoms with Gasteiger partial charge >= 0.3 is 5.97 Å². The fourth-order valence-corrected chi connectivity index (χ4v) is 3.66. The largest absolute Gasteiger partial charge is 0.497 e. The maximum Gasteiger partial charge on any atom is 0.303 e. The third kappa shape index (κ3) is 4.91. The minimum absolute atomic E-state index is 0.205. The van der Waals surface area contributed by atoms with E-state index in [9.17, 15) is 4.79 Å². The third-order valence-corrected chi connectivity index (χ3v) is 5.29. The highest BCUT2D eigenvalue weighted by molar-refractivity contribution is 5.84. The van der Waals surface area contributed by atoms with E-state index in [1.165, 1.54) is 0 Å². The number of benzene rings is 3. The second-order valence-electron chi connectivity index (χ2n) is 7.54. The van der Waals surface area contributed by atoms with E-state index >= 15 is 0 Å². The van der Waals surface area contributed by atoms with Crippen molar-refractivity contribution in [2.75, 3.05) is 13.7 Å². The first-order valence-corrected chi connectivity index (χ1v) is 10.7. The number of aromatic nitrogens is 2. The van der Waals surface area contributed by atoms with Crippen LogP contribution in [0, 0.1) is 0 Å². The molecule has 32 heavy (non-hydrogen) atoms. The van der Waals surface area contributed by atoms with E-state index in [0.29, 0.717) is 13.0 Å². The van der Waals surface area contributed by atoms with Gasteiger partial charge in [-0.05, 0) is 67.8 Å². The Balaban J connectivity index is 1.63. The number of carbonyl (C=O) groups is 1. The Morgan fingerprint density at radius 2 is 1.69 bits per heavy atom. The number of aliphatic carboxylic acids is 1. The Labute approximate surface area is 187 Å². The summed E-state index contributed by atoms with van der Waals surface area (Å²) in [6.45, 7) is 0.552. The molecule has 3 aromatic carbocycles. The predicted octanol–water partition coefficient (Wildman–Crippen LogP) is 5.72. The number of carboxylic acids is 1. The molecule has 0 fully saturated rings. The normalized spacial score (nSPS) is 10.9. The van der Waals surface area contributed by atoms with Crippen molar-refractivity contribution >= 4 is 17.0 Å². The minimum Gasteiger partial charge on any atom is -0.497 e. The van der Waals surface area contributed by atoms with Gasteiger partial charge in [0.2, 0.25) is 0 Å². The monoisotopic (exact) mass is 430 g/mol. The number of para-hydroxylation sites is 1. The number of methoxy groups -OCH3 is 1. The molecule has 164 valence electrons. The van der Waals surface area contributed by atoms with Crippen molar-refractivity contribution < 1.29 is 19.4 Å². The molecule has 0 amide bonds. The molecule has 4 rings (SSSR count). The van der Waals surface area contributed by atoms with E-state index in [2.05, 4.69) is 16.7 Å². The molecule has 0 aliphatic carbocycles. The molecule has 1 heterocycles. The molecule has 4 aromatic rings. The summed E-state index contributed by atoms with van der Waals surface area (Å²) in [5.41, 5.74) is 3.86. The summed E-state index contributed by atoms with van der Waals surface area (Å²) >= 11 is 0. The van der Waals surface area contributed by atoms with E-state index in [-0.39, 0.29) is 6.42 Å². The smallest absolute Gasteiger partial charge is 0.303 e. The molecule has 0 radical (unpaired) electrons. The fourth-order valence-electron chi connectivity index (χ4n) is 3.66. The quantitative estimate of drug-likeness (QED) is 0.326. The van der Waals surface area contributed by atoms with Crippen molar-refractivity contribution in [1.82, 2.24) is 9.55 Å². The zero-order chi connectivity index (χ0) is 22.3. The van der Waals surface area contributed by atoms with Gasteiger partial charge in [-0.3, -0.25) is 9.36 Å². The summed E-state index contributed by atoms with van der Waals surface area (Å²) in [6.07, 6.45) is 2.53. The summed E-state index contributed by atoms with van der Waals surface area (Å²) < 4.78 is 13.4. The number of hydrogen-bond donors (Lipinski definition) is 1. The van der Waals surface area contributed by atoms with Crippen molar-refractivity contribution in [3.8, 4) is 28.6 Å². The molecule has 6 heteroatoms. The number of carboxylic acid groups (broad SMARTS) is 1. The topological polar surface area (TPSA) is 73.6 Å². The Morgan fingerprint density at radius 1 is 0.938 bits per heavy atom. The summed E-state index contributed by atoms with van der Waals surface area (Å²) in [5.74, 6) is 1.67. The van der Waals surface area contributed by atoms with Gasteiger partial charge in [0.1, 0.15) is 17.3 Å². The summed E-state index contributed by atoms with van der Waals surface area (Å²) in [7, 11) is 1.65. The first-order chi connectivity index (χ1) is 15.7. The molecular formula is C26H26N2O4. The van der Waals surface area contributed by atoms with Crippen molar-refractivity contribution in [3.05, 3.63) is 72.8 Å². The SMILES string of the molecule is COc1ccc(-c2nc3ccc(OCCCCCC(=O)O)cc3n2-c2ccccc2)cc1. The molecule has 0 aliphatic rings. The Kier molecular flexibility index (Phi) is 6.70. The minimum atomic E-state index is -0.752. The molecule has 0 unspecified atom stereocenters. The number of hydrogen-bond acceptors (Lipinski definition) is 4. The molecule has 0 saturated carbocycles. The second kappa shape index (κ2) is 10.0. The molecule has 0 bridgehead atoms. The molecule has 0 atom stereocenters. The van der Waals surface area contributed by atoms with Gasteiger partial charge in [0.15, 0.2) is 0 Å². The van der Waals surface area contributed by atoms with Crippen molar-refractivity contribution in [3.63, 3.8) is 0 Å². The first-order valence-electron chi connectivity index (χ1n) is 10.7. The van der Waals surface area contributed by atoms with Crippen LogP contribution in [0.1, 0.15) is 25.7 Å². The summed E-state index contributed by atoms with van der Waals surface area (Å²) in [5, 5.41) is 8.73. The van der Waals surface area contributed by atoms with E-state index < -0.39 is 5.97 Å². The predicted molar refractivity (Wildman–Crippen MR) is 125 cm³/mol. The molecular weight excluding hydrogens is 404 g/mol. The van der Waals surface area contributed by atoms with Crippen LogP contribution in [-0.2, 0) is 4.79 Å². The van der Waals surface area contributed by atoms with Gasteiger partial charge in [0, 0.05) is 23.7 Å². The van der Waals surface area contributed by atoms with Gasteiger partial charge in [-0.15, -0.1) is 0 Å². The highest BCUT2D eigenvalue weighted by Crippen LogP contribution is 2.31. The summed E-state index contributed by atoms with van der Waals surface area (Å²) in [4.78, 5) is 15.5. The molecule has 0 saturated heterocycles. The molecule has 6 nitrogen and oxygen atoms in total. The average Bonchev–Trinajstić information content (AvgIpc) is 3.20. The first kappa shape index (κ1) is 21.4. The van der Waals surface area contributed by atoms with Crippen molar-refractivity contribution in [1.29, 1.82) is 0 Å². The van der Waals surface area contributed by atoms with E-state index in [0.717, 1.165) is 52.4 Å². The van der Waals surface area contributed by atoms with Gasteiger partial charge in [-0.25, -0.2) is 4.98 Å². The lowest BCUT2D eigenvalue weighted by molar-refractivity contribution is -0.137. The van der Waals surface area contributed by atoms with Crippen LogP contribution in [0.15, 0.2) is 72.8 Å². The Bertz CT molecular complexity index is 1180. The van der Waals surface area contributed by atoms with Gasteiger partial charge in [0.05, 0.1) is 24.8 Å². The van der Waals surface area contributed by atoms with Crippen LogP contribution in [0.25, 0.3) is 28.1 Å². The van der Waals surface area contributed by atoms with Crippen LogP contribution in [0.4, 0.5) is 0 Å². The van der Waals surface area contributed by atoms with Crippen LogP contribution in [0.2, 0.25) is 0 Å². The molecule has 0 spiro atoms. The zero-order valence-corrected chi connectivity index (χ0v) is 18.0. The standard InChI is InChI=1S/C26H26N2O4/c1-31-21-13-11-19(12-14-21)26-27-23-16-15-22(32-17-7-3-6-10-25(29)30)18-24(23)28(26)20-8-4-2-5-9-20/h2,4-5,8-9,11-16,18H,3,6-7,10,17H2,1H3,(H,29,30). The highest BCUT2D eigenvalue weighted by atomic mass is 16.5. The highest BCUT2D eigenvalue weighted by Gasteiger charge is 2.15. The number of unbranched alkanes of at least 4 members (excludes halogenated alkanes) is 2. The zero-order valence-electron chi connectivity index (χ0n) is 18.0. The number of imidazole rings is 1. The molecule has 0 aliphatic heterocycles. The molecule has 1 N–H and O–H groups in total. The number of ether oxygens (including phenoxy) is 2. The lowest BCUT2D eigenvalue weighted by Crippen LogP contribution is -2.00. The van der Waals surface area contributed by atoms with Gasteiger partial charge in [0.25, 0.3) is 0 Å². The summed E-state index contributed by atoms with van der Waals surface area (Å²) in [6, 6.07) is 23.9. The third-order valence-electron chi connectivity index (χ3n) is 5.29. The Morgan fingerprint density at radius 3 is 2.41 bits per heavy atom. The second-order valence-corrected chi connectivity index (χ2v) is 7.54. The molecule has 1 aromatic heterocycles. The lowest BCUT2D eigenvalue weighted by Gasteiger charge is -2.11. The fraction of sp³-hybridized carbons (Fsp3) is 0.231.